The third-order valence-electron chi connectivity index (χ3n) is 2.75. The second-order valence-corrected chi connectivity index (χ2v) is 4.84. The van der Waals surface area contributed by atoms with Gasteiger partial charge in [0, 0.05) is 17.1 Å². The van der Waals surface area contributed by atoms with Gasteiger partial charge in [-0.1, -0.05) is 11.6 Å². The highest BCUT2D eigenvalue weighted by Crippen LogP contribution is 2.24. The predicted molar refractivity (Wildman–Crippen MR) is 77.1 cm³/mol. The van der Waals surface area contributed by atoms with Gasteiger partial charge in [0.25, 0.3) is 0 Å². The van der Waals surface area contributed by atoms with Gasteiger partial charge in [0.2, 0.25) is 5.28 Å². The van der Waals surface area contributed by atoms with E-state index in [-0.39, 0.29) is 11.0 Å². The molecule has 0 radical (unpaired) electrons. The fourth-order valence-electron chi connectivity index (χ4n) is 1.81. The minimum atomic E-state index is 0.0995. The average Bonchev–Trinajstić information content (AvgIpc) is 2.87. The highest BCUT2D eigenvalue weighted by Gasteiger charge is 2.09. The van der Waals surface area contributed by atoms with Gasteiger partial charge in [-0.2, -0.15) is 9.97 Å². The maximum atomic E-state index is 9.76. The molecule has 8 heteroatoms. The Morgan fingerprint density at radius 2 is 2.10 bits per heavy atom. The Hall–Kier alpha value is -2.05. The molecule has 3 aromatic rings. The molecule has 0 saturated heterocycles. The van der Waals surface area contributed by atoms with E-state index < -0.39 is 0 Å². The first-order chi connectivity index (χ1) is 9.63. The third kappa shape index (κ3) is 2.48. The molecule has 0 unspecified atom stereocenters. The Bertz CT molecular complexity index is 774. The van der Waals surface area contributed by atoms with Crippen LogP contribution < -0.4 is 5.32 Å². The van der Waals surface area contributed by atoms with Crippen molar-refractivity contribution >= 4 is 40.2 Å². The molecule has 3 N–H and O–H groups in total. The Kier molecular flexibility index (Phi) is 3.33. The van der Waals surface area contributed by atoms with Crippen LogP contribution in [0.15, 0.2) is 24.5 Å². The number of hydrogen-bond acceptors (Lipinski definition) is 5. The number of fused-ring (bicyclic) bond motifs is 1. The largest absolute Gasteiger partial charge is 0.508 e. The lowest BCUT2D eigenvalue weighted by atomic mass is 10.2. The van der Waals surface area contributed by atoms with Crippen LogP contribution in [0.25, 0.3) is 11.2 Å². The van der Waals surface area contributed by atoms with E-state index in [1.165, 1.54) is 12.4 Å². The summed E-state index contributed by atoms with van der Waals surface area (Å²) < 4.78 is 0. The van der Waals surface area contributed by atoms with Crippen LogP contribution in [0.5, 0.6) is 5.75 Å². The molecule has 102 valence electrons. The summed E-state index contributed by atoms with van der Waals surface area (Å²) in [6, 6.07) is 4.84. The first-order valence-electron chi connectivity index (χ1n) is 5.71. The van der Waals surface area contributed by atoms with Gasteiger partial charge in [-0.3, -0.25) is 0 Å². The molecular weight excluding hydrogens is 301 g/mol. The number of aromatic nitrogens is 4. The molecule has 0 spiro atoms. The number of rotatable bonds is 3. The molecule has 0 aliphatic rings. The fourth-order valence-corrected chi connectivity index (χ4v) is 2.17. The summed E-state index contributed by atoms with van der Waals surface area (Å²) in [6.45, 7) is 0.341. The molecule has 0 bridgehead atoms. The van der Waals surface area contributed by atoms with Gasteiger partial charge < -0.3 is 15.4 Å². The van der Waals surface area contributed by atoms with Crippen LogP contribution in [0.1, 0.15) is 5.56 Å². The SMILES string of the molecule is Oc1ccc(Cl)cc1CNc1nc(Cl)nc2nc[nH]c12. The zero-order chi connectivity index (χ0) is 14.1. The number of phenols is 1. The van der Waals surface area contributed by atoms with Gasteiger partial charge in [0.05, 0.1) is 6.33 Å². The Morgan fingerprint density at radius 1 is 1.25 bits per heavy atom. The number of aromatic amines is 1. The van der Waals surface area contributed by atoms with E-state index in [1.54, 1.807) is 12.1 Å². The normalized spacial score (nSPS) is 10.9. The van der Waals surface area contributed by atoms with Crippen molar-refractivity contribution in [2.45, 2.75) is 6.54 Å². The van der Waals surface area contributed by atoms with E-state index in [9.17, 15) is 5.11 Å². The van der Waals surface area contributed by atoms with E-state index in [1.807, 2.05) is 0 Å². The smallest absolute Gasteiger partial charge is 0.226 e. The van der Waals surface area contributed by atoms with Crippen LogP contribution in [0.3, 0.4) is 0 Å². The summed E-state index contributed by atoms with van der Waals surface area (Å²) in [6.07, 6.45) is 1.51. The number of nitrogens with zero attached hydrogens (tertiary/aromatic N) is 3. The molecule has 20 heavy (non-hydrogen) atoms. The number of nitrogens with one attached hydrogen (secondary N) is 2. The van der Waals surface area contributed by atoms with Gasteiger partial charge in [-0.15, -0.1) is 0 Å². The summed E-state index contributed by atoms with van der Waals surface area (Å²) in [7, 11) is 0. The van der Waals surface area contributed by atoms with Gasteiger partial charge in [0.1, 0.15) is 11.3 Å². The monoisotopic (exact) mass is 309 g/mol. The molecule has 1 aromatic carbocycles. The van der Waals surface area contributed by atoms with Crippen LogP contribution in [-0.2, 0) is 6.54 Å². The zero-order valence-corrected chi connectivity index (χ0v) is 11.6. The minimum Gasteiger partial charge on any atom is -0.508 e. The standard InChI is InChI=1S/C12H9Cl2N5O/c13-7-1-2-8(20)6(3-7)4-15-10-9-11(17-5-16-9)19-12(14)18-10/h1-3,5,20H,4H2,(H2,15,16,17,18,19). The van der Waals surface area contributed by atoms with Crippen LogP contribution >= 0.6 is 23.2 Å². The second-order valence-electron chi connectivity index (χ2n) is 4.07. The Morgan fingerprint density at radius 3 is 2.95 bits per heavy atom. The number of H-pyrrole nitrogens is 1. The van der Waals surface area contributed by atoms with Gasteiger partial charge >= 0.3 is 0 Å². The molecule has 0 aliphatic heterocycles. The fraction of sp³-hybridized carbons (Fsp3) is 0.0833. The van der Waals surface area contributed by atoms with Crippen molar-refractivity contribution < 1.29 is 5.11 Å². The summed E-state index contributed by atoms with van der Waals surface area (Å²) in [5.41, 5.74) is 1.78. The van der Waals surface area contributed by atoms with Crippen molar-refractivity contribution in [2.24, 2.45) is 0 Å². The van der Waals surface area contributed by atoms with E-state index in [2.05, 4.69) is 25.3 Å². The molecule has 0 atom stereocenters. The summed E-state index contributed by atoms with van der Waals surface area (Å²) >= 11 is 11.7. The van der Waals surface area contributed by atoms with Crippen molar-refractivity contribution in [2.75, 3.05) is 5.32 Å². The summed E-state index contributed by atoms with van der Waals surface area (Å²) in [5, 5.41) is 13.5. The zero-order valence-electron chi connectivity index (χ0n) is 10.1. The topological polar surface area (TPSA) is 86.7 Å². The summed E-state index contributed by atoms with van der Waals surface area (Å²) in [4.78, 5) is 15.0. The van der Waals surface area contributed by atoms with Gasteiger partial charge in [-0.25, -0.2) is 4.98 Å². The first kappa shape index (κ1) is 13.0. The highest BCUT2D eigenvalue weighted by atomic mass is 35.5. The minimum absolute atomic E-state index is 0.0995. The molecule has 3 rings (SSSR count). The lowest BCUT2D eigenvalue weighted by Crippen LogP contribution is -2.03. The average molecular weight is 310 g/mol. The number of anilines is 1. The molecule has 2 aromatic heterocycles. The van der Waals surface area contributed by atoms with Gasteiger partial charge in [-0.05, 0) is 29.8 Å². The second kappa shape index (κ2) is 5.15. The number of hydrogen-bond donors (Lipinski definition) is 3. The van der Waals surface area contributed by atoms with E-state index in [0.29, 0.717) is 34.1 Å². The number of aromatic hydroxyl groups is 1. The molecule has 0 saturated carbocycles. The highest BCUT2D eigenvalue weighted by molar-refractivity contribution is 6.30. The number of benzene rings is 1. The van der Waals surface area contributed by atoms with Crippen LogP contribution in [0.2, 0.25) is 10.3 Å². The predicted octanol–water partition coefficient (Wildman–Crippen LogP) is 2.98. The van der Waals surface area contributed by atoms with Crippen molar-refractivity contribution in [3.63, 3.8) is 0 Å². The third-order valence-corrected chi connectivity index (χ3v) is 3.15. The maximum Gasteiger partial charge on any atom is 0.226 e. The molecule has 0 aliphatic carbocycles. The molecule has 2 heterocycles. The lowest BCUT2D eigenvalue weighted by Gasteiger charge is -2.08. The van der Waals surface area contributed by atoms with E-state index in [4.69, 9.17) is 23.2 Å². The van der Waals surface area contributed by atoms with E-state index >= 15 is 0 Å². The Labute approximate surface area is 123 Å². The summed E-state index contributed by atoms with van der Waals surface area (Å²) in [5.74, 6) is 0.666. The van der Waals surface area contributed by atoms with Crippen molar-refractivity contribution in [1.29, 1.82) is 0 Å². The van der Waals surface area contributed by atoms with Crippen molar-refractivity contribution in [3.05, 3.63) is 40.4 Å². The first-order valence-corrected chi connectivity index (χ1v) is 6.47. The van der Waals surface area contributed by atoms with Crippen LogP contribution in [-0.4, -0.2) is 25.0 Å². The van der Waals surface area contributed by atoms with Crippen molar-refractivity contribution in [3.8, 4) is 5.75 Å². The quantitative estimate of drug-likeness (QED) is 0.647. The lowest BCUT2D eigenvalue weighted by molar-refractivity contribution is 0.469. The van der Waals surface area contributed by atoms with Gasteiger partial charge in [0.15, 0.2) is 11.5 Å². The van der Waals surface area contributed by atoms with Crippen LogP contribution in [0.4, 0.5) is 5.82 Å². The number of halogens is 2. The van der Waals surface area contributed by atoms with Crippen LogP contribution in [0, 0.1) is 0 Å². The van der Waals surface area contributed by atoms with E-state index in [0.717, 1.165) is 0 Å². The number of phenolic OH excluding ortho intramolecular Hbond substituents is 1. The Balaban J connectivity index is 1.90. The molecular formula is C12H9Cl2N5O. The molecule has 6 nitrogen and oxygen atoms in total. The maximum absolute atomic E-state index is 9.76. The van der Waals surface area contributed by atoms with Crippen molar-refractivity contribution in [1.82, 2.24) is 19.9 Å². The molecule has 0 amide bonds. The molecule has 0 fully saturated rings. The number of imidazole rings is 1.